The van der Waals surface area contributed by atoms with Crippen molar-refractivity contribution in [3.05, 3.63) is 24.0 Å². The summed E-state index contributed by atoms with van der Waals surface area (Å²) < 4.78 is 0. The molecule has 21 heavy (non-hydrogen) atoms. The van der Waals surface area contributed by atoms with Crippen LogP contribution in [0.3, 0.4) is 0 Å². The molecule has 1 unspecified atom stereocenters. The summed E-state index contributed by atoms with van der Waals surface area (Å²) in [5.41, 5.74) is 1.44. The van der Waals surface area contributed by atoms with Crippen molar-refractivity contribution in [2.75, 3.05) is 32.5 Å². The average Bonchev–Trinajstić information content (AvgIpc) is 2.38. The van der Waals surface area contributed by atoms with Crippen LogP contribution in [0.25, 0.3) is 0 Å². The van der Waals surface area contributed by atoms with Gasteiger partial charge in [-0.15, -0.1) is 0 Å². The molecule has 1 heterocycles. The lowest BCUT2D eigenvalue weighted by Crippen LogP contribution is -2.42. The number of pyridine rings is 1. The van der Waals surface area contributed by atoms with Crippen molar-refractivity contribution in [3.8, 4) is 0 Å². The SMILES string of the molecule is CCNc1ccncc1C(=O)NC(CC(C)C)CN(C)C. The largest absolute Gasteiger partial charge is 0.385 e. The van der Waals surface area contributed by atoms with Crippen LogP contribution in [0, 0.1) is 5.92 Å². The molecule has 118 valence electrons. The van der Waals surface area contributed by atoms with Gasteiger partial charge in [0, 0.05) is 31.5 Å². The number of likely N-dealkylation sites (N-methyl/N-ethyl adjacent to an activating group) is 1. The maximum absolute atomic E-state index is 12.5. The van der Waals surface area contributed by atoms with Gasteiger partial charge in [-0.2, -0.15) is 0 Å². The predicted octanol–water partition coefficient (Wildman–Crippen LogP) is 2.22. The molecule has 0 aliphatic heterocycles. The van der Waals surface area contributed by atoms with Gasteiger partial charge in [-0.05, 0) is 39.4 Å². The number of rotatable bonds is 8. The van der Waals surface area contributed by atoms with E-state index in [0.717, 1.165) is 25.2 Å². The van der Waals surface area contributed by atoms with E-state index in [1.807, 2.05) is 27.1 Å². The molecular formula is C16H28N4O. The summed E-state index contributed by atoms with van der Waals surface area (Å²) in [6, 6.07) is 1.98. The Balaban J connectivity index is 2.81. The van der Waals surface area contributed by atoms with E-state index in [9.17, 15) is 4.79 Å². The van der Waals surface area contributed by atoms with Crippen molar-refractivity contribution in [1.82, 2.24) is 15.2 Å². The van der Waals surface area contributed by atoms with Crippen molar-refractivity contribution in [3.63, 3.8) is 0 Å². The minimum atomic E-state index is -0.0634. The normalized spacial score (nSPS) is 12.5. The van der Waals surface area contributed by atoms with Crippen LogP contribution in [-0.2, 0) is 0 Å². The van der Waals surface area contributed by atoms with Crippen LogP contribution in [0.5, 0.6) is 0 Å². The molecule has 0 aliphatic carbocycles. The minimum absolute atomic E-state index is 0.0634. The first-order valence-electron chi connectivity index (χ1n) is 7.57. The number of amides is 1. The number of carbonyl (C=O) groups is 1. The van der Waals surface area contributed by atoms with Gasteiger partial charge in [0.25, 0.3) is 5.91 Å². The highest BCUT2D eigenvalue weighted by atomic mass is 16.1. The van der Waals surface area contributed by atoms with Gasteiger partial charge >= 0.3 is 0 Å². The van der Waals surface area contributed by atoms with E-state index < -0.39 is 0 Å². The Morgan fingerprint density at radius 3 is 2.67 bits per heavy atom. The zero-order chi connectivity index (χ0) is 15.8. The number of nitrogens with one attached hydrogen (secondary N) is 2. The maximum Gasteiger partial charge on any atom is 0.255 e. The Kier molecular flexibility index (Phi) is 7.15. The average molecular weight is 292 g/mol. The molecule has 0 radical (unpaired) electrons. The van der Waals surface area contributed by atoms with Gasteiger partial charge in [0.2, 0.25) is 0 Å². The number of carbonyl (C=O) groups excluding carboxylic acids is 1. The lowest BCUT2D eigenvalue weighted by molar-refractivity contribution is 0.0925. The first kappa shape index (κ1) is 17.4. The number of aromatic nitrogens is 1. The molecule has 0 fully saturated rings. The van der Waals surface area contributed by atoms with E-state index in [2.05, 4.69) is 34.4 Å². The quantitative estimate of drug-likeness (QED) is 0.771. The predicted molar refractivity (Wildman–Crippen MR) is 87.7 cm³/mol. The first-order chi connectivity index (χ1) is 9.93. The van der Waals surface area contributed by atoms with Crippen molar-refractivity contribution < 1.29 is 4.79 Å². The first-order valence-corrected chi connectivity index (χ1v) is 7.57. The number of hydrogen-bond acceptors (Lipinski definition) is 4. The second-order valence-corrected chi connectivity index (χ2v) is 6.01. The van der Waals surface area contributed by atoms with Crippen molar-refractivity contribution >= 4 is 11.6 Å². The molecule has 0 saturated heterocycles. The molecule has 1 aromatic heterocycles. The van der Waals surface area contributed by atoms with Gasteiger partial charge < -0.3 is 15.5 Å². The lowest BCUT2D eigenvalue weighted by Gasteiger charge is -2.24. The zero-order valence-corrected chi connectivity index (χ0v) is 13.8. The van der Waals surface area contributed by atoms with Crippen molar-refractivity contribution in [1.29, 1.82) is 0 Å². The Morgan fingerprint density at radius 1 is 1.38 bits per heavy atom. The molecular weight excluding hydrogens is 264 g/mol. The Morgan fingerprint density at radius 2 is 2.10 bits per heavy atom. The molecule has 1 amide bonds. The molecule has 5 nitrogen and oxygen atoms in total. The summed E-state index contributed by atoms with van der Waals surface area (Å²) in [6.07, 6.45) is 4.27. The Bertz CT molecular complexity index is 436. The summed E-state index contributed by atoms with van der Waals surface area (Å²) in [5, 5.41) is 6.33. The van der Waals surface area contributed by atoms with Gasteiger partial charge in [-0.25, -0.2) is 0 Å². The van der Waals surface area contributed by atoms with Gasteiger partial charge in [0.05, 0.1) is 11.3 Å². The van der Waals surface area contributed by atoms with Crippen molar-refractivity contribution in [2.24, 2.45) is 5.92 Å². The van der Waals surface area contributed by atoms with Gasteiger partial charge in [0.1, 0.15) is 0 Å². The van der Waals surface area contributed by atoms with Crippen LogP contribution in [-0.4, -0.2) is 49.0 Å². The highest BCUT2D eigenvalue weighted by Gasteiger charge is 2.18. The van der Waals surface area contributed by atoms with Crippen LogP contribution in [0.2, 0.25) is 0 Å². The van der Waals surface area contributed by atoms with E-state index in [1.165, 1.54) is 0 Å². The molecule has 0 spiro atoms. The molecule has 0 bridgehead atoms. The van der Waals surface area contributed by atoms with Crippen LogP contribution < -0.4 is 10.6 Å². The third-order valence-electron chi connectivity index (χ3n) is 3.11. The van der Waals surface area contributed by atoms with Gasteiger partial charge in [-0.3, -0.25) is 9.78 Å². The lowest BCUT2D eigenvalue weighted by atomic mass is 10.0. The minimum Gasteiger partial charge on any atom is -0.385 e. The maximum atomic E-state index is 12.5. The summed E-state index contributed by atoms with van der Waals surface area (Å²) in [7, 11) is 4.04. The standard InChI is InChI=1S/C16H28N4O/c1-6-18-15-7-8-17-10-14(15)16(21)19-13(9-12(2)3)11-20(4)5/h7-8,10,12-13H,6,9,11H2,1-5H3,(H,17,18)(H,19,21). The van der Waals surface area contributed by atoms with Crippen LogP contribution in [0.15, 0.2) is 18.5 Å². The molecule has 1 aromatic rings. The fourth-order valence-corrected chi connectivity index (χ4v) is 2.37. The summed E-state index contributed by atoms with van der Waals surface area (Å²) in [6.45, 7) is 7.96. The zero-order valence-electron chi connectivity index (χ0n) is 13.8. The second kappa shape index (κ2) is 8.62. The van der Waals surface area contributed by atoms with Crippen LogP contribution in [0.4, 0.5) is 5.69 Å². The van der Waals surface area contributed by atoms with Crippen molar-refractivity contribution in [2.45, 2.75) is 33.2 Å². The summed E-state index contributed by atoms with van der Waals surface area (Å²) >= 11 is 0. The molecule has 1 atom stereocenters. The third kappa shape index (κ3) is 6.12. The van der Waals surface area contributed by atoms with E-state index in [-0.39, 0.29) is 11.9 Å². The fourth-order valence-electron chi connectivity index (χ4n) is 2.37. The summed E-state index contributed by atoms with van der Waals surface area (Å²) in [5.74, 6) is 0.476. The second-order valence-electron chi connectivity index (χ2n) is 6.01. The van der Waals surface area contributed by atoms with Crippen LogP contribution >= 0.6 is 0 Å². The molecule has 1 rings (SSSR count). The Labute approximate surface area is 128 Å². The molecule has 0 saturated carbocycles. The number of hydrogen-bond donors (Lipinski definition) is 2. The highest BCUT2D eigenvalue weighted by Crippen LogP contribution is 2.14. The third-order valence-corrected chi connectivity index (χ3v) is 3.11. The van der Waals surface area contributed by atoms with E-state index in [0.29, 0.717) is 11.5 Å². The monoisotopic (exact) mass is 292 g/mol. The number of anilines is 1. The fraction of sp³-hybridized carbons (Fsp3) is 0.625. The van der Waals surface area contributed by atoms with E-state index >= 15 is 0 Å². The van der Waals surface area contributed by atoms with Crippen LogP contribution in [0.1, 0.15) is 37.6 Å². The van der Waals surface area contributed by atoms with Gasteiger partial charge in [-0.1, -0.05) is 13.8 Å². The molecule has 5 heteroatoms. The molecule has 0 aliphatic rings. The Hall–Kier alpha value is -1.62. The van der Waals surface area contributed by atoms with E-state index in [4.69, 9.17) is 0 Å². The highest BCUT2D eigenvalue weighted by molar-refractivity contribution is 5.99. The topological polar surface area (TPSA) is 57.3 Å². The van der Waals surface area contributed by atoms with Gasteiger partial charge in [0.15, 0.2) is 0 Å². The molecule has 0 aromatic carbocycles. The summed E-state index contributed by atoms with van der Waals surface area (Å²) in [4.78, 5) is 18.7. The smallest absolute Gasteiger partial charge is 0.255 e. The van der Waals surface area contributed by atoms with E-state index in [1.54, 1.807) is 12.4 Å². The number of nitrogens with zero attached hydrogens (tertiary/aromatic N) is 2. The molecule has 2 N–H and O–H groups in total.